The van der Waals surface area contributed by atoms with Gasteiger partial charge in [-0.15, -0.1) is 11.8 Å². The van der Waals surface area contributed by atoms with Gasteiger partial charge in [0.2, 0.25) is 0 Å². The van der Waals surface area contributed by atoms with E-state index in [1.54, 1.807) is 6.26 Å². The molecule has 0 saturated carbocycles. The first kappa shape index (κ1) is 9.27. The van der Waals surface area contributed by atoms with Gasteiger partial charge in [0.1, 0.15) is 16.6 Å². The number of nitrogens with zero attached hydrogens (tertiary/aromatic N) is 1. The van der Waals surface area contributed by atoms with E-state index in [0.29, 0.717) is 5.03 Å². The molecular weight excluding hydrogens is 166 g/mol. The molecule has 0 atom stereocenters. The molecule has 0 aliphatic heterocycles. The molecule has 0 rings (SSSR count). The Morgan fingerprint density at radius 2 is 2.10 bits per heavy atom. The van der Waals surface area contributed by atoms with Gasteiger partial charge in [0, 0.05) is 0 Å². The molecule has 0 bridgehead atoms. The number of thioether (sulfide) groups is 1. The molecule has 0 aliphatic carbocycles. The van der Waals surface area contributed by atoms with Crippen molar-refractivity contribution < 1.29 is 0 Å². The molecular formula is C5H7N3S2. The summed E-state index contributed by atoms with van der Waals surface area (Å²) in [5.41, 5.74) is 10.8. The number of hydrogen-bond donors (Lipinski definition) is 2. The van der Waals surface area contributed by atoms with Crippen molar-refractivity contribution in [2.45, 2.75) is 0 Å². The zero-order valence-corrected chi connectivity index (χ0v) is 7.05. The van der Waals surface area contributed by atoms with Gasteiger partial charge >= 0.3 is 0 Å². The average molecular weight is 173 g/mol. The van der Waals surface area contributed by atoms with Gasteiger partial charge in [-0.05, 0) is 6.26 Å². The predicted molar refractivity (Wildman–Crippen MR) is 47.1 cm³/mol. The molecule has 3 nitrogen and oxygen atoms in total. The number of hydrogen-bond acceptors (Lipinski definition) is 4. The van der Waals surface area contributed by atoms with Crippen molar-refractivity contribution >= 4 is 29.0 Å². The normalized spacial score (nSPS) is 11.6. The second kappa shape index (κ2) is 4.14. The van der Waals surface area contributed by atoms with Crippen LogP contribution in [0.5, 0.6) is 0 Å². The predicted octanol–water partition coefficient (Wildman–Crippen LogP) is 0.329. The van der Waals surface area contributed by atoms with Gasteiger partial charge in [0.05, 0.1) is 5.03 Å². The summed E-state index contributed by atoms with van der Waals surface area (Å²) in [4.78, 5) is 0.0503. The lowest BCUT2D eigenvalue weighted by Crippen LogP contribution is -2.14. The van der Waals surface area contributed by atoms with Crippen LogP contribution in [0.4, 0.5) is 0 Å². The number of rotatable bonds is 2. The summed E-state index contributed by atoms with van der Waals surface area (Å²) in [6, 6.07) is 1.82. The molecule has 4 N–H and O–H groups in total. The summed E-state index contributed by atoms with van der Waals surface area (Å²) in [5, 5.41) is 8.80. The average Bonchev–Trinajstić information content (AvgIpc) is 1.88. The monoisotopic (exact) mass is 173 g/mol. The van der Waals surface area contributed by atoms with Gasteiger partial charge in [-0.3, -0.25) is 0 Å². The fourth-order valence-corrected chi connectivity index (χ4v) is 0.914. The molecule has 0 heterocycles. The first-order valence-electron chi connectivity index (χ1n) is 2.37. The van der Waals surface area contributed by atoms with Crippen LogP contribution in [0.2, 0.25) is 0 Å². The Kier molecular flexibility index (Phi) is 3.84. The van der Waals surface area contributed by atoms with E-state index in [2.05, 4.69) is 12.2 Å². The highest BCUT2D eigenvalue weighted by atomic mass is 32.2. The highest BCUT2D eigenvalue weighted by Gasteiger charge is 2.03. The van der Waals surface area contributed by atoms with Crippen molar-refractivity contribution in [2.75, 3.05) is 6.26 Å². The Morgan fingerprint density at radius 3 is 2.20 bits per heavy atom. The molecule has 0 aromatic carbocycles. The fraction of sp³-hybridized carbons (Fsp3) is 0.200. The zero-order valence-electron chi connectivity index (χ0n) is 5.42. The molecule has 0 saturated heterocycles. The van der Waals surface area contributed by atoms with Crippen molar-refractivity contribution in [3.63, 3.8) is 0 Å². The Morgan fingerprint density at radius 1 is 1.60 bits per heavy atom. The molecule has 0 unspecified atom stereocenters. The zero-order chi connectivity index (χ0) is 8.15. The van der Waals surface area contributed by atoms with Gasteiger partial charge in [-0.25, -0.2) is 0 Å². The minimum absolute atomic E-state index is 0.0503. The minimum Gasteiger partial charge on any atom is -0.392 e. The van der Waals surface area contributed by atoms with Crippen LogP contribution in [0.3, 0.4) is 0 Å². The first-order valence-corrected chi connectivity index (χ1v) is 4.00. The second-order valence-corrected chi connectivity index (χ2v) is 2.71. The van der Waals surface area contributed by atoms with E-state index in [-0.39, 0.29) is 10.6 Å². The second-order valence-electron chi connectivity index (χ2n) is 1.42. The van der Waals surface area contributed by atoms with Crippen LogP contribution in [0.15, 0.2) is 10.6 Å². The van der Waals surface area contributed by atoms with Crippen molar-refractivity contribution in [1.29, 1.82) is 5.26 Å². The molecule has 0 amide bonds. The molecule has 0 aliphatic rings. The van der Waals surface area contributed by atoms with Crippen LogP contribution < -0.4 is 11.5 Å². The SMILES string of the molecule is CSC(N)=C(C#N)C(N)=S. The lowest BCUT2D eigenvalue weighted by molar-refractivity contribution is 1.45. The summed E-state index contributed by atoms with van der Waals surface area (Å²) in [6.45, 7) is 0. The van der Waals surface area contributed by atoms with Gasteiger partial charge in [0.25, 0.3) is 0 Å². The van der Waals surface area contributed by atoms with Crippen LogP contribution in [0.25, 0.3) is 0 Å². The molecule has 54 valence electrons. The number of thiocarbonyl (C=S) groups is 1. The maximum absolute atomic E-state index is 8.43. The highest BCUT2D eigenvalue weighted by molar-refractivity contribution is 8.02. The molecule has 0 radical (unpaired) electrons. The molecule has 10 heavy (non-hydrogen) atoms. The molecule has 5 heteroatoms. The third-order valence-electron chi connectivity index (χ3n) is 0.825. The van der Waals surface area contributed by atoms with E-state index < -0.39 is 0 Å². The van der Waals surface area contributed by atoms with Crippen molar-refractivity contribution in [3.05, 3.63) is 10.6 Å². The van der Waals surface area contributed by atoms with Gasteiger partial charge < -0.3 is 11.5 Å². The van der Waals surface area contributed by atoms with Crippen molar-refractivity contribution in [2.24, 2.45) is 11.5 Å². The summed E-state index contributed by atoms with van der Waals surface area (Å²) < 4.78 is 0. The van der Waals surface area contributed by atoms with E-state index in [1.165, 1.54) is 11.8 Å². The van der Waals surface area contributed by atoms with Gasteiger partial charge in [0.15, 0.2) is 0 Å². The molecule has 0 aromatic heterocycles. The Hall–Kier alpha value is -0.730. The number of nitrogens with two attached hydrogens (primary N) is 2. The van der Waals surface area contributed by atoms with Gasteiger partial charge in [-0.1, -0.05) is 12.2 Å². The summed E-state index contributed by atoms with van der Waals surface area (Å²) in [5.74, 6) is 0. The smallest absolute Gasteiger partial charge is 0.117 e. The molecule has 0 aromatic rings. The Bertz CT molecular complexity index is 213. The third-order valence-corrected chi connectivity index (χ3v) is 1.67. The van der Waals surface area contributed by atoms with E-state index in [0.717, 1.165) is 0 Å². The molecule has 0 fully saturated rings. The van der Waals surface area contributed by atoms with E-state index in [1.807, 2.05) is 6.07 Å². The molecule has 0 spiro atoms. The van der Waals surface area contributed by atoms with Gasteiger partial charge in [-0.2, -0.15) is 5.26 Å². The van der Waals surface area contributed by atoms with Crippen LogP contribution in [0, 0.1) is 11.3 Å². The van der Waals surface area contributed by atoms with E-state index >= 15 is 0 Å². The third kappa shape index (κ3) is 2.25. The van der Waals surface area contributed by atoms with Crippen LogP contribution in [-0.2, 0) is 0 Å². The van der Waals surface area contributed by atoms with Crippen LogP contribution >= 0.6 is 24.0 Å². The van der Waals surface area contributed by atoms with Crippen LogP contribution in [0.1, 0.15) is 0 Å². The minimum atomic E-state index is 0.0503. The lowest BCUT2D eigenvalue weighted by Gasteiger charge is -1.97. The van der Waals surface area contributed by atoms with Crippen molar-refractivity contribution in [1.82, 2.24) is 0 Å². The largest absolute Gasteiger partial charge is 0.392 e. The lowest BCUT2D eigenvalue weighted by atomic mass is 10.3. The topological polar surface area (TPSA) is 75.8 Å². The Balaban J connectivity index is 4.68. The maximum Gasteiger partial charge on any atom is 0.117 e. The fourth-order valence-electron chi connectivity index (χ4n) is 0.334. The number of nitriles is 1. The van der Waals surface area contributed by atoms with Crippen molar-refractivity contribution in [3.8, 4) is 6.07 Å². The standard InChI is InChI=1S/C5H7N3S2/c1-10-5(8)3(2-6)4(7)9/h8H2,1H3,(H2,7,9). The van der Waals surface area contributed by atoms with E-state index in [4.69, 9.17) is 16.7 Å². The summed E-state index contributed by atoms with van der Waals surface area (Å²) in [7, 11) is 0. The van der Waals surface area contributed by atoms with E-state index in [9.17, 15) is 0 Å². The first-order chi connectivity index (χ1) is 4.63. The quantitative estimate of drug-likeness (QED) is 0.357. The Labute approximate surface area is 69.1 Å². The summed E-state index contributed by atoms with van der Waals surface area (Å²) >= 11 is 5.82. The summed E-state index contributed by atoms with van der Waals surface area (Å²) in [6.07, 6.45) is 1.75. The highest BCUT2D eigenvalue weighted by Crippen LogP contribution is 2.09. The van der Waals surface area contributed by atoms with Crippen LogP contribution in [-0.4, -0.2) is 11.2 Å². The maximum atomic E-state index is 8.43.